The van der Waals surface area contributed by atoms with E-state index < -0.39 is 20.0 Å². The number of amides is 1. The first kappa shape index (κ1) is 68.2. The lowest BCUT2D eigenvalue weighted by Crippen LogP contribution is -2.45. The molecule has 3 atom stereocenters. The number of rotatable bonds is 54. The van der Waals surface area contributed by atoms with Crippen LogP contribution in [-0.4, -0.2) is 73.4 Å². The fourth-order valence-electron chi connectivity index (χ4n) is 8.54. The quantitative estimate of drug-likeness (QED) is 0.0243. The molecule has 0 spiro atoms. The molecule has 0 radical (unpaired) electrons. The molecule has 0 aromatic rings. The summed E-state index contributed by atoms with van der Waals surface area (Å²) in [5.74, 6) is -0.188. The first-order valence-electron chi connectivity index (χ1n) is 29.7. The van der Waals surface area contributed by atoms with Gasteiger partial charge in [-0.2, -0.15) is 0 Å². The van der Waals surface area contributed by atoms with Gasteiger partial charge in [-0.05, 0) is 70.6 Å². The number of hydrogen-bond acceptors (Lipinski definition) is 5. The van der Waals surface area contributed by atoms with Gasteiger partial charge in [0.15, 0.2) is 0 Å². The first-order chi connectivity index (χ1) is 34.0. The van der Waals surface area contributed by atoms with Crippen LogP contribution in [0.2, 0.25) is 0 Å². The van der Waals surface area contributed by atoms with E-state index in [9.17, 15) is 19.4 Å². The van der Waals surface area contributed by atoms with Gasteiger partial charge in [0, 0.05) is 6.42 Å². The minimum absolute atomic E-state index is 0.0545. The van der Waals surface area contributed by atoms with Crippen molar-refractivity contribution in [1.29, 1.82) is 0 Å². The highest BCUT2D eigenvalue weighted by molar-refractivity contribution is 7.47. The van der Waals surface area contributed by atoms with Crippen LogP contribution < -0.4 is 5.32 Å². The van der Waals surface area contributed by atoms with Gasteiger partial charge in [0.1, 0.15) is 13.2 Å². The van der Waals surface area contributed by atoms with Crippen molar-refractivity contribution in [2.45, 2.75) is 283 Å². The van der Waals surface area contributed by atoms with Crippen LogP contribution in [0.5, 0.6) is 0 Å². The van der Waals surface area contributed by atoms with E-state index >= 15 is 0 Å². The number of carbonyl (C=O) groups is 1. The largest absolute Gasteiger partial charge is 0.472 e. The van der Waals surface area contributed by atoms with Crippen molar-refractivity contribution in [3.8, 4) is 0 Å². The van der Waals surface area contributed by atoms with Crippen LogP contribution in [0, 0.1) is 0 Å². The molecule has 1 amide bonds. The zero-order chi connectivity index (χ0) is 51.3. The molecule has 0 aliphatic carbocycles. The zero-order valence-corrected chi connectivity index (χ0v) is 47.7. The topological polar surface area (TPSA) is 105 Å². The molecule has 3 N–H and O–H groups in total. The monoisotopic (exact) mass is 1000 g/mol. The number of quaternary nitrogens is 1. The maximum Gasteiger partial charge on any atom is 0.472 e. The molecule has 0 aromatic carbocycles. The number of likely N-dealkylation sites (N-methyl/N-ethyl adjacent to an activating group) is 1. The van der Waals surface area contributed by atoms with E-state index in [-0.39, 0.29) is 19.1 Å². The highest BCUT2D eigenvalue weighted by Crippen LogP contribution is 2.43. The van der Waals surface area contributed by atoms with Gasteiger partial charge >= 0.3 is 7.82 Å². The van der Waals surface area contributed by atoms with Gasteiger partial charge in [-0.3, -0.25) is 13.8 Å². The minimum Gasteiger partial charge on any atom is -0.387 e. The van der Waals surface area contributed by atoms with Gasteiger partial charge in [-0.1, -0.05) is 254 Å². The molecule has 0 saturated carbocycles. The summed E-state index contributed by atoms with van der Waals surface area (Å²) < 4.78 is 23.7. The van der Waals surface area contributed by atoms with Crippen LogP contribution in [0.25, 0.3) is 0 Å². The van der Waals surface area contributed by atoms with Crippen molar-refractivity contribution in [2.75, 3.05) is 40.9 Å². The number of allylic oxidation sites excluding steroid dienone is 9. The van der Waals surface area contributed by atoms with Crippen LogP contribution >= 0.6 is 7.82 Å². The van der Waals surface area contributed by atoms with Crippen LogP contribution in [0.1, 0.15) is 271 Å². The summed E-state index contributed by atoms with van der Waals surface area (Å²) in [6.07, 6.45) is 70.4. The number of nitrogens with zero attached hydrogens (tertiary/aromatic N) is 1. The van der Waals surface area contributed by atoms with E-state index in [0.29, 0.717) is 17.4 Å². The van der Waals surface area contributed by atoms with E-state index in [1.54, 1.807) is 6.08 Å². The maximum atomic E-state index is 13.0. The lowest BCUT2D eigenvalue weighted by Gasteiger charge is -2.25. The number of nitrogens with one attached hydrogen (secondary N) is 1. The Bertz CT molecular complexity index is 1320. The lowest BCUT2D eigenvalue weighted by molar-refractivity contribution is -0.870. The Morgan fingerprint density at radius 2 is 0.829 bits per heavy atom. The van der Waals surface area contributed by atoms with Crippen molar-refractivity contribution in [3.63, 3.8) is 0 Å². The smallest absolute Gasteiger partial charge is 0.387 e. The second-order valence-corrected chi connectivity index (χ2v) is 22.8. The molecule has 0 rings (SSSR count). The van der Waals surface area contributed by atoms with E-state index in [1.165, 1.54) is 199 Å². The Morgan fingerprint density at radius 3 is 1.24 bits per heavy atom. The summed E-state index contributed by atoms with van der Waals surface area (Å²) in [6, 6.07) is -0.867. The van der Waals surface area contributed by atoms with E-state index in [4.69, 9.17) is 9.05 Å². The number of carbonyl (C=O) groups excluding carboxylic acids is 1. The molecule has 0 saturated heterocycles. The highest BCUT2D eigenvalue weighted by atomic mass is 31.2. The average Bonchev–Trinajstić information content (AvgIpc) is 3.32. The summed E-state index contributed by atoms with van der Waals surface area (Å²) in [4.78, 5) is 23.3. The fourth-order valence-corrected chi connectivity index (χ4v) is 9.27. The van der Waals surface area contributed by atoms with E-state index in [2.05, 4.69) is 67.8 Å². The minimum atomic E-state index is -4.36. The second-order valence-electron chi connectivity index (χ2n) is 21.4. The average molecular weight is 1000 g/mol. The number of hydrogen-bond donors (Lipinski definition) is 3. The molecule has 3 unspecified atom stereocenters. The van der Waals surface area contributed by atoms with Crippen molar-refractivity contribution in [1.82, 2.24) is 5.32 Å². The molecule has 0 bridgehead atoms. The third-order valence-corrected chi connectivity index (χ3v) is 14.2. The van der Waals surface area contributed by atoms with Gasteiger partial charge in [0.2, 0.25) is 5.91 Å². The Balaban J connectivity index is 4.23. The molecule has 410 valence electrons. The van der Waals surface area contributed by atoms with Gasteiger partial charge in [-0.15, -0.1) is 0 Å². The molecule has 0 aliphatic rings. The Hall–Kier alpha value is -1.80. The Kier molecular flexibility index (Phi) is 50.7. The molecule has 0 fully saturated rings. The number of aliphatic hydroxyl groups excluding tert-OH is 1. The molecule has 70 heavy (non-hydrogen) atoms. The highest BCUT2D eigenvalue weighted by Gasteiger charge is 2.27. The van der Waals surface area contributed by atoms with Crippen molar-refractivity contribution >= 4 is 13.7 Å². The zero-order valence-electron chi connectivity index (χ0n) is 46.8. The predicted molar refractivity (Wildman–Crippen MR) is 304 cm³/mol. The van der Waals surface area contributed by atoms with Gasteiger partial charge < -0.3 is 19.8 Å². The third-order valence-electron chi connectivity index (χ3n) is 13.2. The summed E-state index contributed by atoms with van der Waals surface area (Å²) in [7, 11) is 1.55. The van der Waals surface area contributed by atoms with Crippen molar-refractivity contribution < 1.29 is 32.9 Å². The van der Waals surface area contributed by atoms with E-state index in [0.717, 1.165) is 51.4 Å². The van der Waals surface area contributed by atoms with Gasteiger partial charge in [0.25, 0.3) is 0 Å². The summed E-state index contributed by atoms with van der Waals surface area (Å²) in [6.45, 7) is 4.81. The fraction of sp³-hybridized carbons (Fsp3) is 0.820. The van der Waals surface area contributed by atoms with Crippen molar-refractivity contribution in [2.24, 2.45) is 0 Å². The predicted octanol–water partition coefficient (Wildman–Crippen LogP) is 18.1. The molecule has 9 heteroatoms. The Labute approximate surface area is 434 Å². The molecule has 0 aliphatic heterocycles. The summed E-state index contributed by atoms with van der Waals surface area (Å²) >= 11 is 0. The normalized spacial score (nSPS) is 14.3. The number of phosphoric acid groups is 1. The second kappa shape index (κ2) is 52.1. The van der Waals surface area contributed by atoms with Gasteiger partial charge in [0.05, 0.1) is 39.9 Å². The number of aliphatic hydroxyl groups is 1. The summed E-state index contributed by atoms with van der Waals surface area (Å²) in [5, 5.41) is 13.9. The van der Waals surface area contributed by atoms with E-state index in [1.807, 2.05) is 27.2 Å². The molecular weight excluding hydrogens is 888 g/mol. The first-order valence-corrected chi connectivity index (χ1v) is 31.2. The van der Waals surface area contributed by atoms with Crippen molar-refractivity contribution in [3.05, 3.63) is 60.8 Å². The SMILES string of the molecule is CCCCCCC/C=C\C/C=C\C/C=C\CCCCCCCCCCCCCCC(=O)NC(COP(=O)(O)OCC[N+](C)(C)C)C(O)/C=C/CC/C=C/CCCCCCCCCCCCCCCCC. The standard InChI is InChI=1S/C61H115N2O6P/c1-6-8-10-12-14-16-18-20-22-24-26-28-29-30-31-32-33-35-37-39-41-43-45-47-49-51-53-55-61(65)62-59(58-69-70(66,67)68-57-56-63(3,4)5)60(64)54-52-50-48-46-44-42-40-38-36-34-27-25-23-21-19-17-15-13-11-9-7-2/h18,20,24,26,29-30,44,46,52,54,59-60,64H,6-17,19,21-23,25,27-28,31-43,45,47-51,53,55-58H2,1-5H3,(H-,62,65,66,67)/p+1/b20-18-,26-24-,30-29-,46-44+,54-52+. The molecule has 8 nitrogen and oxygen atoms in total. The van der Waals surface area contributed by atoms with Crippen LogP contribution in [0.15, 0.2) is 60.8 Å². The number of unbranched alkanes of at least 4 members (excludes halogenated alkanes) is 33. The van der Waals surface area contributed by atoms with Gasteiger partial charge in [-0.25, -0.2) is 4.57 Å². The van der Waals surface area contributed by atoms with Crippen LogP contribution in [-0.2, 0) is 18.4 Å². The summed E-state index contributed by atoms with van der Waals surface area (Å²) in [5.41, 5.74) is 0. The molecule has 0 heterocycles. The lowest BCUT2D eigenvalue weighted by atomic mass is 10.0. The molecular formula is C61H116N2O6P+. The third kappa shape index (κ3) is 54.0. The maximum absolute atomic E-state index is 13.0. The van der Waals surface area contributed by atoms with Crippen LogP contribution in [0.3, 0.4) is 0 Å². The molecule has 0 aromatic heterocycles. The Morgan fingerprint density at radius 1 is 0.486 bits per heavy atom. The number of phosphoric ester groups is 1. The van der Waals surface area contributed by atoms with Crippen LogP contribution in [0.4, 0.5) is 0 Å².